The minimum absolute atomic E-state index is 0.267. The average Bonchev–Trinajstić information content (AvgIpc) is 3.25. The van der Waals surface area contributed by atoms with Crippen molar-refractivity contribution in [1.82, 2.24) is 19.6 Å². The molecule has 4 rings (SSSR count). The summed E-state index contributed by atoms with van der Waals surface area (Å²) in [6.45, 7) is 2.05. The third-order valence-corrected chi connectivity index (χ3v) is 4.09. The second kappa shape index (κ2) is 6.34. The summed E-state index contributed by atoms with van der Waals surface area (Å²) in [7, 11) is 0. The lowest BCUT2D eigenvalue weighted by Crippen LogP contribution is -2.09. The van der Waals surface area contributed by atoms with Crippen molar-refractivity contribution in [1.29, 1.82) is 0 Å². The molecule has 1 saturated heterocycles. The monoisotopic (exact) mass is 310 g/mol. The van der Waals surface area contributed by atoms with Crippen LogP contribution in [0.5, 0.6) is 5.88 Å². The van der Waals surface area contributed by atoms with Crippen LogP contribution in [0.3, 0.4) is 0 Å². The van der Waals surface area contributed by atoms with Gasteiger partial charge >= 0.3 is 0 Å². The predicted molar refractivity (Wildman–Crippen MR) is 84.6 cm³/mol. The highest BCUT2D eigenvalue weighted by atomic mass is 16.5. The summed E-state index contributed by atoms with van der Waals surface area (Å²) in [6.07, 6.45) is 5.24. The first kappa shape index (κ1) is 14.1. The average molecular weight is 310 g/mol. The lowest BCUT2D eigenvalue weighted by atomic mass is 10.1. The molecule has 0 spiro atoms. The lowest BCUT2D eigenvalue weighted by Gasteiger charge is -2.11. The smallest absolute Gasteiger partial charge is 0.219 e. The zero-order chi connectivity index (χ0) is 15.5. The molecule has 0 N–H and O–H groups in total. The lowest BCUT2D eigenvalue weighted by molar-refractivity contribution is 0.193. The van der Waals surface area contributed by atoms with E-state index in [1.807, 2.05) is 22.6 Å². The summed E-state index contributed by atoms with van der Waals surface area (Å²) < 4.78 is 13.4. The molecular formula is C17H18N4O2. The van der Waals surface area contributed by atoms with Crippen LogP contribution in [0.4, 0.5) is 0 Å². The van der Waals surface area contributed by atoms with E-state index in [0.29, 0.717) is 24.7 Å². The molecule has 6 heteroatoms. The van der Waals surface area contributed by atoms with Gasteiger partial charge in [-0.2, -0.15) is 0 Å². The minimum atomic E-state index is 0.267. The minimum Gasteiger partial charge on any atom is -0.477 e. The van der Waals surface area contributed by atoms with Gasteiger partial charge in [0.05, 0.1) is 25.6 Å². The largest absolute Gasteiger partial charge is 0.477 e. The molecule has 0 saturated carbocycles. The Hall–Kier alpha value is -2.47. The van der Waals surface area contributed by atoms with Gasteiger partial charge in [-0.15, -0.1) is 10.2 Å². The van der Waals surface area contributed by atoms with Gasteiger partial charge in [0.2, 0.25) is 5.88 Å². The number of fused-ring (bicyclic) bond motifs is 1. The van der Waals surface area contributed by atoms with Gasteiger partial charge in [0, 0.05) is 18.9 Å². The van der Waals surface area contributed by atoms with E-state index in [-0.39, 0.29) is 5.92 Å². The van der Waals surface area contributed by atoms with Gasteiger partial charge in [-0.3, -0.25) is 4.98 Å². The van der Waals surface area contributed by atoms with Gasteiger partial charge in [-0.05, 0) is 12.0 Å². The van der Waals surface area contributed by atoms with Crippen LogP contribution in [0.15, 0.2) is 42.7 Å². The number of aromatic nitrogens is 4. The molecule has 1 aromatic carbocycles. The number of rotatable bonds is 5. The van der Waals surface area contributed by atoms with Crippen LogP contribution in [0.25, 0.3) is 5.65 Å². The van der Waals surface area contributed by atoms with Gasteiger partial charge in [-0.1, -0.05) is 30.3 Å². The molecule has 0 radical (unpaired) electrons. The van der Waals surface area contributed by atoms with Crippen molar-refractivity contribution in [2.45, 2.75) is 18.8 Å². The zero-order valence-electron chi connectivity index (χ0n) is 12.8. The summed E-state index contributed by atoms with van der Waals surface area (Å²) in [5.41, 5.74) is 1.96. The highest BCUT2D eigenvalue weighted by Gasteiger charge is 2.24. The Morgan fingerprint density at radius 3 is 2.91 bits per heavy atom. The molecule has 0 bridgehead atoms. The van der Waals surface area contributed by atoms with Crippen molar-refractivity contribution in [2.24, 2.45) is 0 Å². The summed E-state index contributed by atoms with van der Waals surface area (Å²) in [4.78, 5) is 4.20. The normalized spacial score (nSPS) is 17.7. The molecule has 118 valence electrons. The summed E-state index contributed by atoms with van der Waals surface area (Å²) in [6, 6.07) is 10.3. The summed E-state index contributed by atoms with van der Waals surface area (Å²) in [5.74, 6) is 1.85. The molecule has 3 heterocycles. The molecule has 1 aliphatic rings. The summed E-state index contributed by atoms with van der Waals surface area (Å²) in [5, 5.41) is 8.52. The van der Waals surface area contributed by atoms with Gasteiger partial charge in [0.1, 0.15) is 5.82 Å². The quantitative estimate of drug-likeness (QED) is 0.723. The van der Waals surface area contributed by atoms with Crippen LogP contribution in [0, 0.1) is 0 Å². The van der Waals surface area contributed by atoms with Crippen molar-refractivity contribution in [3.05, 3.63) is 54.1 Å². The molecular weight excluding hydrogens is 292 g/mol. The molecule has 1 atom stereocenters. The third kappa shape index (κ3) is 2.90. The van der Waals surface area contributed by atoms with E-state index in [9.17, 15) is 0 Å². The third-order valence-electron chi connectivity index (χ3n) is 4.09. The molecule has 0 amide bonds. The molecule has 23 heavy (non-hydrogen) atoms. The fourth-order valence-corrected chi connectivity index (χ4v) is 2.87. The van der Waals surface area contributed by atoms with E-state index >= 15 is 0 Å². The molecule has 1 fully saturated rings. The molecule has 6 nitrogen and oxygen atoms in total. The Bertz CT molecular complexity index is 782. The van der Waals surface area contributed by atoms with E-state index < -0.39 is 0 Å². The molecule has 0 aliphatic carbocycles. The maximum Gasteiger partial charge on any atom is 0.219 e. The number of hydrogen-bond donors (Lipinski definition) is 0. The number of ether oxygens (including phenoxy) is 2. The zero-order valence-corrected chi connectivity index (χ0v) is 12.8. The van der Waals surface area contributed by atoms with Crippen LogP contribution in [0.2, 0.25) is 0 Å². The Morgan fingerprint density at radius 2 is 2.09 bits per heavy atom. The fraction of sp³-hybridized carbons (Fsp3) is 0.353. The topological polar surface area (TPSA) is 61.5 Å². The first-order valence-corrected chi connectivity index (χ1v) is 7.85. The first-order chi connectivity index (χ1) is 11.4. The van der Waals surface area contributed by atoms with Crippen LogP contribution >= 0.6 is 0 Å². The van der Waals surface area contributed by atoms with Crippen LogP contribution < -0.4 is 4.74 Å². The van der Waals surface area contributed by atoms with Crippen molar-refractivity contribution < 1.29 is 9.47 Å². The van der Waals surface area contributed by atoms with E-state index in [4.69, 9.17) is 9.47 Å². The van der Waals surface area contributed by atoms with Gasteiger partial charge in [0.15, 0.2) is 5.65 Å². The van der Waals surface area contributed by atoms with E-state index in [0.717, 1.165) is 25.3 Å². The first-order valence-electron chi connectivity index (χ1n) is 7.85. The van der Waals surface area contributed by atoms with Crippen LogP contribution in [-0.4, -0.2) is 39.4 Å². The molecule has 2 aromatic heterocycles. The van der Waals surface area contributed by atoms with Gasteiger partial charge in [-0.25, -0.2) is 4.40 Å². The van der Waals surface area contributed by atoms with Crippen molar-refractivity contribution in [3.8, 4) is 5.88 Å². The molecule has 1 unspecified atom stereocenters. The van der Waals surface area contributed by atoms with E-state index in [1.165, 1.54) is 5.56 Å². The van der Waals surface area contributed by atoms with Crippen molar-refractivity contribution >= 4 is 5.65 Å². The maximum absolute atomic E-state index is 5.96. The second-order valence-corrected chi connectivity index (χ2v) is 5.64. The predicted octanol–water partition coefficient (Wildman–Crippen LogP) is 2.25. The highest BCUT2D eigenvalue weighted by molar-refractivity contribution is 5.39. The van der Waals surface area contributed by atoms with Crippen molar-refractivity contribution in [3.63, 3.8) is 0 Å². The highest BCUT2D eigenvalue weighted by Crippen LogP contribution is 2.26. The van der Waals surface area contributed by atoms with Gasteiger partial charge < -0.3 is 9.47 Å². The van der Waals surface area contributed by atoms with E-state index in [1.54, 1.807) is 12.4 Å². The Kier molecular flexibility index (Phi) is 3.90. The van der Waals surface area contributed by atoms with Crippen LogP contribution in [0.1, 0.15) is 23.7 Å². The SMILES string of the molecule is c1ccc(CCOc2cncc3nnc(C4CCOC4)n23)cc1. The maximum atomic E-state index is 5.96. The Morgan fingerprint density at radius 1 is 1.17 bits per heavy atom. The molecule has 1 aliphatic heterocycles. The fourth-order valence-electron chi connectivity index (χ4n) is 2.87. The number of benzene rings is 1. The number of hydrogen-bond acceptors (Lipinski definition) is 5. The summed E-state index contributed by atoms with van der Waals surface area (Å²) >= 11 is 0. The van der Waals surface area contributed by atoms with Crippen LogP contribution in [-0.2, 0) is 11.2 Å². The van der Waals surface area contributed by atoms with E-state index in [2.05, 4.69) is 27.3 Å². The van der Waals surface area contributed by atoms with Gasteiger partial charge in [0.25, 0.3) is 0 Å². The van der Waals surface area contributed by atoms with Crippen molar-refractivity contribution in [2.75, 3.05) is 19.8 Å². The standard InChI is InChI=1S/C17H18N4O2/c1-2-4-13(5-3-1)6-9-23-16-11-18-10-15-19-20-17(21(15)16)14-7-8-22-12-14/h1-5,10-11,14H,6-9,12H2. The Labute approximate surface area is 134 Å². The number of nitrogens with zero attached hydrogens (tertiary/aromatic N) is 4. The molecule has 3 aromatic rings. The second-order valence-electron chi connectivity index (χ2n) is 5.64. The Balaban J connectivity index is 1.55.